The van der Waals surface area contributed by atoms with Gasteiger partial charge in [-0.25, -0.2) is 0 Å². The van der Waals surface area contributed by atoms with Crippen LogP contribution in [0.1, 0.15) is 51.2 Å². The second-order valence-corrected chi connectivity index (χ2v) is 7.34. The number of aryl methyl sites for hydroxylation is 1. The van der Waals surface area contributed by atoms with Crippen LogP contribution in [0, 0.1) is 23.7 Å². The average molecular weight is 271 g/mol. The van der Waals surface area contributed by atoms with E-state index in [0.29, 0.717) is 0 Å². The van der Waals surface area contributed by atoms with Gasteiger partial charge in [0, 0.05) is 19.3 Å². The van der Waals surface area contributed by atoms with Gasteiger partial charge < -0.3 is 4.90 Å². The SMILES string of the molecule is CC1C(C)C(C)C(c2cccc3c2N(C)CCC3)C1C. The Bertz CT molecular complexity index is 479. The molecule has 20 heavy (non-hydrogen) atoms. The lowest BCUT2D eigenvalue weighted by Gasteiger charge is -2.34. The molecule has 0 N–H and O–H groups in total. The van der Waals surface area contributed by atoms with Crippen LogP contribution in [0.25, 0.3) is 0 Å². The number of fused-ring (bicyclic) bond motifs is 1. The van der Waals surface area contributed by atoms with Crippen molar-refractivity contribution in [1.82, 2.24) is 0 Å². The molecule has 1 nitrogen and oxygen atoms in total. The lowest BCUT2D eigenvalue weighted by molar-refractivity contribution is 0.352. The van der Waals surface area contributed by atoms with Gasteiger partial charge in [0.15, 0.2) is 0 Å². The Balaban J connectivity index is 2.07. The highest BCUT2D eigenvalue weighted by Gasteiger charge is 2.43. The van der Waals surface area contributed by atoms with Gasteiger partial charge in [-0.15, -0.1) is 0 Å². The fourth-order valence-corrected chi connectivity index (χ4v) is 4.82. The standard InChI is InChI=1S/C19H29N/c1-12-13(2)15(4)18(14(12)3)17-10-6-8-16-9-7-11-20(5)19(16)17/h6,8,10,12-15,18H,7,9,11H2,1-5H3. The zero-order chi connectivity index (χ0) is 14.4. The quantitative estimate of drug-likeness (QED) is 0.715. The Hall–Kier alpha value is -0.980. The number of nitrogens with zero attached hydrogens (tertiary/aromatic N) is 1. The summed E-state index contributed by atoms with van der Waals surface area (Å²) >= 11 is 0. The molecule has 0 amide bonds. The molecule has 2 aliphatic rings. The molecule has 0 bridgehead atoms. The van der Waals surface area contributed by atoms with Crippen molar-refractivity contribution < 1.29 is 0 Å². The molecule has 1 aliphatic heterocycles. The molecule has 0 spiro atoms. The first-order valence-electron chi connectivity index (χ1n) is 8.35. The zero-order valence-corrected chi connectivity index (χ0v) is 13.7. The van der Waals surface area contributed by atoms with Gasteiger partial charge in [-0.05, 0) is 53.6 Å². The van der Waals surface area contributed by atoms with Crippen molar-refractivity contribution in [2.45, 2.75) is 46.5 Å². The summed E-state index contributed by atoms with van der Waals surface area (Å²) < 4.78 is 0. The average Bonchev–Trinajstić information content (AvgIpc) is 2.63. The van der Waals surface area contributed by atoms with Crippen LogP contribution >= 0.6 is 0 Å². The van der Waals surface area contributed by atoms with Crippen LogP contribution in [-0.4, -0.2) is 13.6 Å². The first-order valence-corrected chi connectivity index (χ1v) is 8.35. The van der Waals surface area contributed by atoms with Gasteiger partial charge in [0.25, 0.3) is 0 Å². The molecule has 1 aromatic carbocycles. The van der Waals surface area contributed by atoms with Crippen LogP contribution in [0.5, 0.6) is 0 Å². The molecule has 1 aromatic rings. The Labute approximate surface area is 124 Å². The maximum Gasteiger partial charge on any atom is 0.0431 e. The molecular formula is C19H29N. The highest BCUT2D eigenvalue weighted by atomic mass is 15.1. The summed E-state index contributed by atoms with van der Waals surface area (Å²) in [4.78, 5) is 2.50. The topological polar surface area (TPSA) is 3.24 Å². The second-order valence-electron chi connectivity index (χ2n) is 7.34. The Morgan fingerprint density at radius 1 is 0.950 bits per heavy atom. The molecule has 1 fully saturated rings. The highest BCUT2D eigenvalue weighted by Crippen LogP contribution is 2.53. The summed E-state index contributed by atoms with van der Waals surface area (Å²) in [6, 6.07) is 7.04. The first-order chi connectivity index (χ1) is 9.52. The van der Waals surface area contributed by atoms with E-state index in [1.54, 1.807) is 16.8 Å². The molecule has 4 atom stereocenters. The summed E-state index contributed by atoms with van der Waals surface area (Å²) in [5.74, 6) is 3.98. The number of rotatable bonds is 1. The Morgan fingerprint density at radius 3 is 2.25 bits per heavy atom. The number of benzene rings is 1. The largest absolute Gasteiger partial charge is 0.374 e. The maximum atomic E-state index is 2.50. The van der Waals surface area contributed by atoms with Crippen molar-refractivity contribution in [2.24, 2.45) is 23.7 Å². The van der Waals surface area contributed by atoms with Gasteiger partial charge >= 0.3 is 0 Å². The van der Waals surface area contributed by atoms with Crippen molar-refractivity contribution in [3.63, 3.8) is 0 Å². The number of para-hydroxylation sites is 1. The Morgan fingerprint density at radius 2 is 1.60 bits per heavy atom. The molecular weight excluding hydrogens is 242 g/mol. The van der Waals surface area contributed by atoms with Gasteiger partial charge in [0.2, 0.25) is 0 Å². The number of anilines is 1. The second kappa shape index (κ2) is 5.09. The fraction of sp³-hybridized carbons (Fsp3) is 0.684. The molecule has 0 saturated heterocycles. The highest BCUT2D eigenvalue weighted by molar-refractivity contribution is 5.62. The van der Waals surface area contributed by atoms with Crippen molar-refractivity contribution >= 4 is 5.69 Å². The van der Waals surface area contributed by atoms with E-state index in [1.165, 1.54) is 19.4 Å². The van der Waals surface area contributed by atoms with Crippen LogP contribution in [-0.2, 0) is 6.42 Å². The third-order valence-corrected chi connectivity index (χ3v) is 6.45. The van der Waals surface area contributed by atoms with Crippen LogP contribution in [0.4, 0.5) is 5.69 Å². The molecule has 4 unspecified atom stereocenters. The van der Waals surface area contributed by atoms with E-state index in [2.05, 4.69) is 57.8 Å². The van der Waals surface area contributed by atoms with Gasteiger partial charge in [-0.1, -0.05) is 45.9 Å². The third-order valence-electron chi connectivity index (χ3n) is 6.45. The zero-order valence-electron chi connectivity index (χ0n) is 13.7. The van der Waals surface area contributed by atoms with E-state index in [4.69, 9.17) is 0 Å². The van der Waals surface area contributed by atoms with Crippen LogP contribution < -0.4 is 4.90 Å². The molecule has 0 aromatic heterocycles. The van der Waals surface area contributed by atoms with Gasteiger partial charge in [0.1, 0.15) is 0 Å². The molecule has 1 aliphatic carbocycles. The van der Waals surface area contributed by atoms with Crippen molar-refractivity contribution in [1.29, 1.82) is 0 Å². The van der Waals surface area contributed by atoms with Crippen LogP contribution in [0.2, 0.25) is 0 Å². The summed E-state index contributed by atoms with van der Waals surface area (Å²) in [5.41, 5.74) is 4.76. The van der Waals surface area contributed by atoms with E-state index < -0.39 is 0 Å². The molecule has 1 heteroatoms. The predicted molar refractivity (Wildman–Crippen MR) is 87.4 cm³/mol. The number of hydrogen-bond acceptors (Lipinski definition) is 1. The molecule has 110 valence electrons. The van der Waals surface area contributed by atoms with Crippen molar-refractivity contribution in [3.05, 3.63) is 29.3 Å². The van der Waals surface area contributed by atoms with Crippen LogP contribution in [0.3, 0.4) is 0 Å². The van der Waals surface area contributed by atoms with Crippen LogP contribution in [0.15, 0.2) is 18.2 Å². The van der Waals surface area contributed by atoms with Crippen molar-refractivity contribution in [2.75, 3.05) is 18.5 Å². The monoisotopic (exact) mass is 271 g/mol. The summed E-state index contributed by atoms with van der Waals surface area (Å²) in [6.45, 7) is 11.1. The fourth-order valence-electron chi connectivity index (χ4n) is 4.82. The lowest BCUT2D eigenvalue weighted by Crippen LogP contribution is -2.27. The third kappa shape index (κ3) is 1.98. The van der Waals surface area contributed by atoms with E-state index >= 15 is 0 Å². The minimum absolute atomic E-state index is 0.732. The summed E-state index contributed by atoms with van der Waals surface area (Å²) in [5, 5.41) is 0. The smallest absolute Gasteiger partial charge is 0.0431 e. The minimum Gasteiger partial charge on any atom is -0.374 e. The van der Waals surface area contributed by atoms with E-state index in [9.17, 15) is 0 Å². The predicted octanol–water partition coefficient (Wildman–Crippen LogP) is 4.71. The Kier molecular flexibility index (Phi) is 3.56. The van der Waals surface area contributed by atoms with Crippen molar-refractivity contribution in [3.8, 4) is 0 Å². The normalized spacial score (nSPS) is 37.0. The van der Waals surface area contributed by atoms with Gasteiger partial charge in [-0.2, -0.15) is 0 Å². The van der Waals surface area contributed by atoms with Gasteiger partial charge in [0.05, 0.1) is 0 Å². The maximum absolute atomic E-state index is 2.50. The minimum atomic E-state index is 0.732. The molecule has 1 saturated carbocycles. The molecule has 3 rings (SSSR count). The van der Waals surface area contributed by atoms with Gasteiger partial charge in [-0.3, -0.25) is 0 Å². The first kappa shape index (κ1) is 14.0. The molecule has 0 radical (unpaired) electrons. The lowest BCUT2D eigenvalue weighted by atomic mass is 9.80. The summed E-state index contributed by atoms with van der Waals surface area (Å²) in [6.07, 6.45) is 2.56. The van der Waals surface area contributed by atoms with E-state index in [-0.39, 0.29) is 0 Å². The van der Waals surface area contributed by atoms with E-state index in [0.717, 1.165) is 29.6 Å². The van der Waals surface area contributed by atoms with E-state index in [1.807, 2.05) is 0 Å². The summed E-state index contributed by atoms with van der Waals surface area (Å²) in [7, 11) is 2.28. The molecule has 1 heterocycles. The number of hydrogen-bond donors (Lipinski definition) is 0.